The van der Waals surface area contributed by atoms with E-state index >= 15 is 0 Å². The Hall–Kier alpha value is -6.09. The van der Waals surface area contributed by atoms with Gasteiger partial charge < -0.3 is 45.0 Å². The molecule has 2 atom stereocenters. The number of ether oxygens (including phenoxy) is 2. The molecule has 3 fully saturated rings. The van der Waals surface area contributed by atoms with Crippen LogP contribution in [0.15, 0.2) is 42.6 Å². The average Bonchev–Trinajstić information content (AvgIpc) is 3.96. The van der Waals surface area contributed by atoms with Gasteiger partial charge in [-0.2, -0.15) is 4.98 Å². The summed E-state index contributed by atoms with van der Waals surface area (Å²) in [5.41, 5.74) is 3.95. The lowest BCUT2D eigenvalue weighted by atomic mass is 10.0. The van der Waals surface area contributed by atoms with Crippen LogP contribution < -0.4 is 35.8 Å². The first-order valence-corrected chi connectivity index (χ1v) is 22.6. The molecule has 0 radical (unpaired) electrons. The predicted octanol–water partition coefficient (Wildman–Crippen LogP) is 3.35. The van der Waals surface area contributed by atoms with E-state index in [9.17, 15) is 24.0 Å². The Labute approximate surface area is 374 Å². The summed E-state index contributed by atoms with van der Waals surface area (Å²) in [6.07, 6.45) is 8.97. The fourth-order valence-corrected chi connectivity index (χ4v) is 9.50. The lowest BCUT2D eigenvalue weighted by Gasteiger charge is -2.43. The first kappa shape index (κ1) is 44.5. The zero-order chi connectivity index (χ0) is 44.7. The van der Waals surface area contributed by atoms with Gasteiger partial charge in [-0.05, 0) is 74.4 Å². The fourth-order valence-electron chi connectivity index (χ4n) is 9.50. The third-order valence-electron chi connectivity index (χ3n) is 13.0. The average molecular weight is 875 g/mol. The van der Waals surface area contributed by atoms with Crippen LogP contribution >= 0.6 is 0 Å². The summed E-state index contributed by atoms with van der Waals surface area (Å²) in [7, 11) is 3.36. The molecule has 1 aromatic heterocycles. The molecule has 5 aliphatic rings. The van der Waals surface area contributed by atoms with Gasteiger partial charge in [-0.1, -0.05) is 37.7 Å². The largest absolute Gasteiger partial charge is 0.495 e. The van der Waals surface area contributed by atoms with E-state index in [4.69, 9.17) is 14.5 Å². The second kappa shape index (κ2) is 20.2. The number of likely N-dealkylation sites (tertiary alicyclic amines) is 1. The molecule has 2 aromatic carbocycles. The normalized spacial score (nSPS) is 20.5. The molecule has 0 bridgehead atoms. The van der Waals surface area contributed by atoms with Crippen LogP contribution in [0.2, 0.25) is 0 Å². The van der Waals surface area contributed by atoms with Crippen LogP contribution in [0.25, 0.3) is 0 Å². The van der Waals surface area contributed by atoms with Crippen molar-refractivity contribution in [3.05, 3.63) is 64.8 Å². The number of hydrogen-bond donors (Lipinski definition) is 4. The van der Waals surface area contributed by atoms with Crippen molar-refractivity contribution in [3.8, 4) is 17.6 Å². The second-order valence-electron chi connectivity index (χ2n) is 17.0. The Balaban J connectivity index is 0.741. The van der Waals surface area contributed by atoms with Crippen molar-refractivity contribution < 1.29 is 33.4 Å². The van der Waals surface area contributed by atoms with Crippen LogP contribution in [0.1, 0.15) is 96.6 Å². The summed E-state index contributed by atoms with van der Waals surface area (Å²) in [6, 6.07) is 10.1. The van der Waals surface area contributed by atoms with Crippen LogP contribution in [-0.4, -0.2) is 134 Å². The van der Waals surface area contributed by atoms with Crippen molar-refractivity contribution in [3.63, 3.8) is 0 Å². The number of fused-ring (bicyclic) bond motifs is 2. The third-order valence-corrected chi connectivity index (χ3v) is 13.0. The number of methoxy groups -OCH3 is 1. The molecule has 4 aliphatic heterocycles. The third kappa shape index (κ3) is 9.69. The maximum absolute atomic E-state index is 13.4. The maximum Gasteiger partial charge on any atom is 0.255 e. The topological polar surface area (TPSA) is 191 Å². The van der Waals surface area contributed by atoms with E-state index in [1.807, 2.05) is 19.1 Å². The molecule has 3 aromatic rings. The number of amides is 5. The van der Waals surface area contributed by atoms with Gasteiger partial charge in [-0.15, -0.1) is 0 Å². The smallest absolute Gasteiger partial charge is 0.255 e. The number of carbonyl (C=O) groups excluding carboxylic acids is 5. The molecule has 5 amide bonds. The van der Waals surface area contributed by atoms with Gasteiger partial charge >= 0.3 is 0 Å². The number of rotatable bonds is 15. The Bertz CT molecular complexity index is 2320. The van der Waals surface area contributed by atoms with Crippen molar-refractivity contribution >= 4 is 52.7 Å². The first-order chi connectivity index (χ1) is 31.1. The number of likely N-dealkylation sites (N-methyl/N-ethyl adjacent to an activating group) is 1. The summed E-state index contributed by atoms with van der Waals surface area (Å²) in [5.74, 6) is 6.91. The highest BCUT2D eigenvalue weighted by Gasteiger charge is 2.42. The summed E-state index contributed by atoms with van der Waals surface area (Å²) in [5, 5.41) is 12.1. The molecular formula is C47H58N10O7. The van der Waals surface area contributed by atoms with E-state index in [0.717, 1.165) is 75.1 Å². The molecule has 5 heterocycles. The van der Waals surface area contributed by atoms with Crippen LogP contribution in [0.4, 0.5) is 23.1 Å². The van der Waals surface area contributed by atoms with Crippen molar-refractivity contribution in [2.75, 3.05) is 75.2 Å². The summed E-state index contributed by atoms with van der Waals surface area (Å²) in [4.78, 5) is 81.0. The zero-order valence-electron chi connectivity index (χ0n) is 36.9. The number of imide groups is 1. The minimum absolute atomic E-state index is 0.0594. The minimum Gasteiger partial charge on any atom is -0.495 e. The van der Waals surface area contributed by atoms with Crippen molar-refractivity contribution in [1.29, 1.82) is 0 Å². The first-order valence-electron chi connectivity index (χ1n) is 22.6. The number of nitrogens with zero attached hydrogens (tertiary/aromatic N) is 6. The minimum atomic E-state index is -0.657. The molecule has 17 heteroatoms. The van der Waals surface area contributed by atoms with Crippen molar-refractivity contribution in [1.82, 2.24) is 35.7 Å². The molecule has 17 nitrogen and oxygen atoms in total. The highest BCUT2D eigenvalue weighted by atomic mass is 16.5. The number of nitrogens with one attached hydrogen (secondary N) is 4. The Morgan fingerprint density at radius 1 is 1.02 bits per heavy atom. The Morgan fingerprint density at radius 2 is 1.83 bits per heavy atom. The lowest BCUT2D eigenvalue weighted by molar-refractivity contribution is -0.137. The molecule has 64 heavy (non-hydrogen) atoms. The predicted molar refractivity (Wildman–Crippen MR) is 241 cm³/mol. The SMILES string of the molecule is CC[C@@H]1C(=O)N(C)c2cnc(Nc3ccc(C(=O)NC4CCN(CCOCCNCC#Cc5cccc6c5CN(C5CCC(=O)NC5=O)C6=O)CC4)cc3OC)nc2N1C1CCCC1. The Kier molecular flexibility index (Phi) is 14.0. The number of hydrogen-bond acceptors (Lipinski definition) is 13. The van der Waals surface area contributed by atoms with Gasteiger partial charge in [0.05, 0.1) is 38.8 Å². The highest BCUT2D eigenvalue weighted by molar-refractivity contribution is 6.06. The zero-order valence-corrected chi connectivity index (χ0v) is 36.9. The monoisotopic (exact) mass is 874 g/mol. The van der Waals surface area contributed by atoms with Gasteiger partial charge in [0.2, 0.25) is 23.7 Å². The van der Waals surface area contributed by atoms with E-state index in [1.165, 1.54) is 4.90 Å². The van der Waals surface area contributed by atoms with Gasteiger partial charge in [0, 0.05) is 75.0 Å². The molecular weight excluding hydrogens is 817 g/mol. The van der Waals surface area contributed by atoms with E-state index < -0.39 is 11.9 Å². The molecule has 1 saturated carbocycles. The molecule has 338 valence electrons. The van der Waals surface area contributed by atoms with Crippen LogP contribution in [0.5, 0.6) is 5.75 Å². The molecule has 4 N–H and O–H groups in total. The lowest BCUT2D eigenvalue weighted by Crippen LogP contribution is -2.55. The number of anilines is 4. The standard InChI is InChI=1S/C47H58N10O7/c1-4-37-46(62)54(2)39-28-49-47(53-42(39)57(37)33-11-5-6-12-33)51-36-15-14-31(27-40(36)63-3)43(59)50-32-18-22-55(23-19-32)24-26-64-25-21-48-20-8-10-30-9-7-13-34-35(30)29-56(45(34)61)38-16-17-41(58)52-44(38)60/h7,9,13-15,27-28,32-33,37-38,48H,4-6,11-12,16-26,29H2,1-3H3,(H,50,59)(H,49,51,53)(H,52,58,60)/t37-,38?/m1/s1. The van der Waals surface area contributed by atoms with E-state index in [-0.39, 0.29) is 48.2 Å². The molecule has 0 spiro atoms. The van der Waals surface area contributed by atoms with Gasteiger partial charge in [0.25, 0.3) is 11.8 Å². The second-order valence-corrected chi connectivity index (χ2v) is 17.0. The molecule has 8 rings (SSSR count). The Morgan fingerprint density at radius 3 is 2.59 bits per heavy atom. The quantitative estimate of drug-likeness (QED) is 0.0990. The van der Waals surface area contributed by atoms with Crippen LogP contribution in [-0.2, 0) is 25.7 Å². The van der Waals surface area contributed by atoms with Gasteiger partial charge in [0.15, 0.2) is 5.82 Å². The summed E-state index contributed by atoms with van der Waals surface area (Å²) in [6.45, 7) is 7.10. The number of carbonyl (C=O) groups is 5. The van der Waals surface area contributed by atoms with E-state index in [1.54, 1.807) is 49.5 Å². The van der Waals surface area contributed by atoms with Crippen molar-refractivity contribution in [2.45, 2.75) is 95.4 Å². The summed E-state index contributed by atoms with van der Waals surface area (Å²) >= 11 is 0. The van der Waals surface area contributed by atoms with Gasteiger partial charge in [-0.25, -0.2) is 4.98 Å². The summed E-state index contributed by atoms with van der Waals surface area (Å²) < 4.78 is 11.6. The van der Waals surface area contributed by atoms with Gasteiger partial charge in [0.1, 0.15) is 23.5 Å². The fraction of sp³-hybridized carbons (Fsp3) is 0.511. The number of benzene rings is 2. The van der Waals surface area contributed by atoms with Crippen LogP contribution in [0, 0.1) is 11.8 Å². The number of piperidine rings is 2. The van der Waals surface area contributed by atoms with Crippen molar-refractivity contribution in [2.24, 2.45) is 0 Å². The van der Waals surface area contributed by atoms with E-state index in [2.05, 4.69) is 47.9 Å². The van der Waals surface area contributed by atoms with Gasteiger partial charge in [-0.3, -0.25) is 29.3 Å². The highest BCUT2D eigenvalue weighted by Crippen LogP contribution is 2.40. The van der Waals surface area contributed by atoms with Crippen LogP contribution in [0.3, 0.4) is 0 Å². The number of aromatic nitrogens is 2. The molecule has 1 aliphatic carbocycles. The van der Waals surface area contributed by atoms with E-state index in [0.29, 0.717) is 79.9 Å². The molecule has 2 saturated heterocycles. The maximum atomic E-state index is 13.4. The molecule has 1 unspecified atom stereocenters.